The lowest BCUT2D eigenvalue weighted by Gasteiger charge is -2.35. The van der Waals surface area contributed by atoms with E-state index in [4.69, 9.17) is 0 Å². The zero-order chi connectivity index (χ0) is 26.9. The van der Waals surface area contributed by atoms with Crippen LogP contribution in [-0.2, 0) is 0 Å². The van der Waals surface area contributed by atoms with Crippen LogP contribution < -0.4 is 0 Å². The van der Waals surface area contributed by atoms with Crippen molar-refractivity contribution in [2.24, 2.45) is 17.3 Å². The van der Waals surface area contributed by atoms with Crippen LogP contribution in [0.25, 0.3) is 0 Å². The summed E-state index contributed by atoms with van der Waals surface area (Å²) < 4.78 is 0. The second-order valence-electron chi connectivity index (χ2n) is 11.5. The molecule has 0 bridgehead atoms. The molecule has 0 saturated heterocycles. The molecular formula is C36H55N. The smallest absolute Gasteiger partial charge is 0.0396 e. The number of hydrogen-bond donors (Lipinski definition) is 0. The van der Waals surface area contributed by atoms with Gasteiger partial charge in [-0.25, -0.2) is 0 Å². The average Bonchev–Trinajstić information content (AvgIpc) is 2.95. The van der Waals surface area contributed by atoms with Crippen LogP contribution in [0.5, 0.6) is 0 Å². The van der Waals surface area contributed by atoms with E-state index in [0.717, 1.165) is 24.8 Å². The molecule has 0 aromatic carbocycles. The maximum atomic E-state index is 4.19. The van der Waals surface area contributed by atoms with E-state index in [9.17, 15) is 0 Å². The predicted octanol–water partition coefficient (Wildman–Crippen LogP) is 10.7. The Hall–Kier alpha value is -2.28. The van der Waals surface area contributed by atoms with Gasteiger partial charge in [0.25, 0.3) is 0 Å². The summed E-state index contributed by atoms with van der Waals surface area (Å²) in [6, 6.07) is 0. The van der Waals surface area contributed by atoms with Gasteiger partial charge in [-0.15, -0.1) is 6.58 Å². The Bertz CT molecular complexity index is 850. The fourth-order valence-corrected chi connectivity index (χ4v) is 6.82. The summed E-state index contributed by atoms with van der Waals surface area (Å²) in [4.78, 5) is 2.48. The molecule has 2 aliphatic rings. The third-order valence-corrected chi connectivity index (χ3v) is 8.85. The number of unbranched alkanes of at least 4 members (excludes halogenated alkanes) is 1. The molecule has 3 atom stereocenters. The minimum absolute atomic E-state index is 0.524. The first-order chi connectivity index (χ1) is 18.0. The molecule has 1 heterocycles. The van der Waals surface area contributed by atoms with Gasteiger partial charge in [0, 0.05) is 19.3 Å². The largest absolute Gasteiger partial charge is 0.374 e. The maximum absolute atomic E-state index is 4.19. The molecule has 1 aliphatic carbocycles. The minimum atomic E-state index is 0.524. The van der Waals surface area contributed by atoms with Crippen LogP contribution in [0.1, 0.15) is 96.8 Å². The van der Waals surface area contributed by atoms with Crippen LogP contribution in [0.3, 0.4) is 0 Å². The van der Waals surface area contributed by atoms with E-state index in [0.29, 0.717) is 5.41 Å². The quantitative estimate of drug-likeness (QED) is 0.169. The Morgan fingerprint density at radius 3 is 2.30 bits per heavy atom. The predicted molar refractivity (Wildman–Crippen MR) is 167 cm³/mol. The van der Waals surface area contributed by atoms with Crippen molar-refractivity contribution in [2.75, 3.05) is 13.6 Å². The van der Waals surface area contributed by atoms with E-state index in [1.807, 2.05) is 24.3 Å². The van der Waals surface area contributed by atoms with Crippen molar-refractivity contribution in [3.05, 3.63) is 97.8 Å². The fraction of sp³-hybridized carbons (Fsp3) is 0.556. The average molecular weight is 502 g/mol. The van der Waals surface area contributed by atoms with Crippen molar-refractivity contribution in [3.8, 4) is 0 Å². The highest BCUT2D eigenvalue weighted by atomic mass is 15.1. The van der Waals surface area contributed by atoms with Crippen LogP contribution in [0.4, 0.5) is 0 Å². The first kappa shape index (κ1) is 30.9. The summed E-state index contributed by atoms with van der Waals surface area (Å²) in [6.45, 7) is 19.4. The first-order valence-corrected chi connectivity index (χ1v) is 15.0. The van der Waals surface area contributed by atoms with Gasteiger partial charge in [-0.2, -0.15) is 0 Å². The zero-order valence-electron chi connectivity index (χ0n) is 24.2. The number of fused-ring (bicyclic) bond motifs is 1. The summed E-state index contributed by atoms with van der Waals surface area (Å²) in [5, 5.41) is 0. The molecule has 1 aliphatic heterocycles. The molecule has 3 unspecified atom stereocenters. The van der Waals surface area contributed by atoms with Gasteiger partial charge >= 0.3 is 0 Å². The molecule has 0 N–H and O–H groups in total. The lowest BCUT2D eigenvalue weighted by atomic mass is 9.71. The zero-order valence-corrected chi connectivity index (χ0v) is 24.2. The fourth-order valence-electron chi connectivity index (χ4n) is 6.82. The number of allylic oxidation sites excluding steroid dienone is 11. The lowest BCUT2D eigenvalue weighted by Crippen LogP contribution is -2.27. The summed E-state index contributed by atoms with van der Waals surface area (Å²) in [5.41, 5.74) is 4.77. The highest BCUT2D eigenvalue weighted by molar-refractivity contribution is 5.34. The Morgan fingerprint density at radius 1 is 0.946 bits per heavy atom. The van der Waals surface area contributed by atoms with Crippen LogP contribution in [-0.4, -0.2) is 18.5 Å². The molecule has 0 aromatic rings. The van der Waals surface area contributed by atoms with E-state index in [1.54, 1.807) is 0 Å². The van der Waals surface area contributed by atoms with Gasteiger partial charge in [-0.3, -0.25) is 0 Å². The SMILES string of the molecule is C=C/C=C\C=C(/CC=C)CCCC1(CCCC)CCCC2CC(C=C)=C(/C=C\C=C)N(C)CC2CCC1. The van der Waals surface area contributed by atoms with Crippen LogP contribution in [0.15, 0.2) is 97.8 Å². The highest BCUT2D eigenvalue weighted by Crippen LogP contribution is 2.46. The molecule has 2 rings (SSSR count). The van der Waals surface area contributed by atoms with Gasteiger partial charge in [-0.1, -0.05) is 107 Å². The summed E-state index contributed by atoms with van der Waals surface area (Å²) in [5.74, 6) is 1.54. The van der Waals surface area contributed by atoms with Gasteiger partial charge in [0.05, 0.1) is 0 Å². The van der Waals surface area contributed by atoms with E-state index >= 15 is 0 Å². The molecule has 1 saturated carbocycles. The third-order valence-electron chi connectivity index (χ3n) is 8.85. The second-order valence-corrected chi connectivity index (χ2v) is 11.5. The molecule has 1 fully saturated rings. The summed E-state index contributed by atoms with van der Waals surface area (Å²) in [7, 11) is 2.27. The minimum Gasteiger partial charge on any atom is -0.374 e. The van der Waals surface area contributed by atoms with Gasteiger partial charge in [0.2, 0.25) is 0 Å². The van der Waals surface area contributed by atoms with Gasteiger partial charge in [-0.05, 0) is 93.1 Å². The third kappa shape index (κ3) is 10.2. The number of rotatable bonds is 14. The molecular weight excluding hydrogens is 446 g/mol. The molecule has 0 aromatic heterocycles. The Morgan fingerprint density at radius 2 is 1.65 bits per heavy atom. The Balaban J connectivity index is 2.14. The highest BCUT2D eigenvalue weighted by Gasteiger charge is 2.34. The Labute approximate surface area is 230 Å². The standard InChI is InChI=1S/C36H55N/c1-7-12-15-20-31(19-10-4)21-16-26-36(25-14-9-3)27-17-22-33-29-32(11-5)35(24-13-8-2)37(6)30-34(33)23-18-28-36/h7-8,10-13,15,20,24,33-34H,1-2,4-5,9,14,16-19,21-23,25-30H2,3,6H3/b15-12-,24-13-,31-20+. The molecule has 37 heavy (non-hydrogen) atoms. The molecule has 0 amide bonds. The second kappa shape index (κ2) is 17.3. The van der Waals surface area contributed by atoms with Crippen LogP contribution in [0.2, 0.25) is 0 Å². The van der Waals surface area contributed by atoms with Crippen molar-refractivity contribution in [2.45, 2.75) is 96.8 Å². The normalized spacial score (nSPS) is 25.8. The maximum Gasteiger partial charge on any atom is 0.0396 e. The molecule has 0 spiro atoms. The summed E-state index contributed by atoms with van der Waals surface area (Å²) >= 11 is 0. The van der Waals surface area contributed by atoms with E-state index in [2.05, 4.69) is 75.6 Å². The lowest BCUT2D eigenvalue weighted by molar-refractivity contribution is 0.178. The van der Waals surface area contributed by atoms with Gasteiger partial charge in [0.1, 0.15) is 0 Å². The monoisotopic (exact) mass is 501 g/mol. The van der Waals surface area contributed by atoms with Crippen molar-refractivity contribution in [1.29, 1.82) is 0 Å². The molecule has 1 heteroatoms. The van der Waals surface area contributed by atoms with Gasteiger partial charge < -0.3 is 4.90 Å². The van der Waals surface area contributed by atoms with Crippen molar-refractivity contribution in [1.82, 2.24) is 4.90 Å². The molecule has 204 valence electrons. The van der Waals surface area contributed by atoms with Crippen molar-refractivity contribution < 1.29 is 0 Å². The summed E-state index contributed by atoms with van der Waals surface area (Å²) in [6.07, 6.45) is 37.0. The first-order valence-electron chi connectivity index (χ1n) is 15.0. The van der Waals surface area contributed by atoms with E-state index in [-0.39, 0.29) is 0 Å². The van der Waals surface area contributed by atoms with Crippen LogP contribution >= 0.6 is 0 Å². The van der Waals surface area contributed by atoms with Crippen LogP contribution in [0, 0.1) is 17.3 Å². The topological polar surface area (TPSA) is 3.24 Å². The number of nitrogens with zero attached hydrogens (tertiary/aromatic N) is 1. The van der Waals surface area contributed by atoms with Crippen molar-refractivity contribution in [3.63, 3.8) is 0 Å². The van der Waals surface area contributed by atoms with Crippen molar-refractivity contribution >= 4 is 0 Å². The molecule has 1 nitrogen and oxygen atoms in total. The molecule has 0 radical (unpaired) electrons. The van der Waals surface area contributed by atoms with E-state index in [1.165, 1.54) is 100 Å². The van der Waals surface area contributed by atoms with E-state index < -0.39 is 0 Å². The Kier molecular flexibility index (Phi) is 14.4. The number of likely N-dealkylation sites (N-methyl/N-ethyl adjacent to an activating group) is 1. The number of hydrogen-bond acceptors (Lipinski definition) is 1. The van der Waals surface area contributed by atoms with Gasteiger partial charge in [0.15, 0.2) is 0 Å².